The van der Waals surface area contributed by atoms with Gasteiger partial charge in [-0.3, -0.25) is 14.4 Å². The van der Waals surface area contributed by atoms with Crippen LogP contribution in [-0.2, 0) is 27.2 Å². The van der Waals surface area contributed by atoms with Crippen molar-refractivity contribution in [1.82, 2.24) is 15.5 Å². The van der Waals surface area contributed by atoms with E-state index in [9.17, 15) is 14.4 Å². The molecule has 0 radical (unpaired) electrons. The van der Waals surface area contributed by atoms with Gasteiger partial charge in [-0.15, -0.1) is 0 Å². The van der Waals surface area contributed by atoms with Crippen LogP contribution in [0, 0.1) is 0 Å². The highest BCUT2D eigenvalue weighted by molar-refractivity contribution is 5.99. The number of nitrogens with one attached hydrogen (secondary N) is 2. The summed E-state index contributed by atoms with van der Waals surface area (Å²) in [6.07, 6.45) is 15.6. The van der Waals surface area contributed by atoms with E-state index >= 15 is 0 Å². The number of amides is 3. The largest absolute Gasteiger partial charge is 0.493 e. The zero-order valence-corrected chi connectivity index (χ0v) is 27.4. The van der Waals surface area contributed by atoms with E-state index in [0.29, 0.717) is 24.9 Å². The predicted octanol–water partition coefficient (Wildman–Crippen LogP) is 6.68. The van der Waals surface area contributed by atoms with Crippen molar-refractivity contribution in [3.05, 3.63) is 101 Å². The standard InChI is InChI=1S/C39H49N3O4/c1-4-6-15-29-21-22-32(25-31(29)16-7-5-2)37(43)40-27(3)39(45)42-24-12-19-34(42)38(44)41-33-26-36(30-17-11-18-30)46-35(33)23-20-28-13-9-8-10-14-28/h5,7-10,13-14,16,21-22,25,27,33-35H,2,4,6,11-12,15,17-20,23-24,26H2,1,3H3,(H,40,43)(H,41,44)/b16-7-. The number of unbranched alkanes of at least 4 members (excludes halogenated alkanes) is 1. The molecule has 3 amide bonds. The van der Waals surface area contributed by atoms with Gasteiger partial charge in [0.15, 0.2) is 0 Å². The summed E-state index contributed by atoms with van der Waals surface area (Å²) in [7, 11) is 0. The molecule has 2 heterocycles. The second-order valence-corrected chi connectivity index (χ2v) is 12.9. The van der Waals surface area contributed by atoms with Crippen LogP contribution in [0.1, 0.15) is 98.7 Å². The molecular weight excluding hydrogens is 574 g/mol. The number of likely N-dealkylation sites (tertiary alicyclic amines) is 1. The Labute approximate surface area is 274 Å². The number of rotatable bonds is 13. The van der Waals surface area contributed by atoms with Crippen LogP contribution in [-0.4, -0.2) is 53.4 Å². The molecule has 0 spiro atoms. The molecule has 2 N–H and O–H groups in total. The number of aryl methyl sites for hydroxylation is 2. The number of carbonyl (C=O) groups excluding carboxylic acids is 3. The minimum absolute atomic E-state index is 0.101. The molecule has 0 aromatic heterocycles. The highest BCUT2D eigenvalue weighted by atomic mass is 16.5. The summed E-state index contributed by atoms with van der Waals surface area (Å²) >= 11 is 0. The maximum Gasteiger partial charge on any atom is 0.251 e. The molecule has 5 rings (SSSR count). The Bertz CT molecular complexity index is 1460. The quantitative estimate of drug-likeness (QED) is 0.244. The minimum atomic E-state index is -0.767. The molecule has 4 unspecified atom stereocenters. The molecule has 7 heteroatoms. The number of allylic oxidation sites excluding steroid dienone is 3. The smallest absolute Gasteiger partial charge is 0.251 e. The number of hydrogen-bond acceptors (Lipinski definition) is 4. The van der Waals surface area contributed by atoms with E-state index in [4.69, 9.17) is 4.74 Å². The zero-order chi connectivity index (χ0) is 32.5. The highest BCUT2D eigenvalue weighted by Gasteiger charge is 2.40. The molecule has 4 atom stereocenters. The van der Waals surface area contributed by atoms with E-state index in [-0.39, 0.29) is 29.9 Å². The van der Waals surface area contributed by atoms with Crippen molar-refractivity contribution in [2.24, 2.45) is 0 Å². The summed E-state index contributed by atoms with van der Waals surface area (Å²) in [5, 5.41) is 6.17. The fourth-order valence-electron chi connectivity index (χ4n) is 6.69. The van der Waals surface area contributed by atoms with Gasteiger partial charge in [-0.05, 0) is 99.1 Å². The van der Waals surface area contributed by atoms with Crippen molar-refractivity contribution in [2.75, 3.05) is 6.54 Å². The number of ether oxygens (including phenoxy) is 1. The van der Waals surface area contributed by atoms with Crippen LogP contribution in [0.15, 0.2) is 78.6 Å². The lowest BCUT2D eigenvalue weighted by Crippen LogP contribution is -2.54. The number of benzene rings is 2. The molecule has 2 aliphatic heterocycles. The number of hydrogen-bond donors (Lipinski definition) is 2. The summed E-state index contributed by atoms with van der Waals surface area (Å²) in [5.41, 5.74) is 5.28. The monoisotopic (exact) mass is 623 g/mol. The molecule has 2 saturated heterocycles. The van der Waals surface area contributed by atoms with Crippen LogP contribution in [0.25, 0.3) is 6.08 Å². The maximum atomic E-state index is 13.7. The Morgan fingerprint density at radius 3 is 2.61 bits per heavy atom. The average molecular weight is 624 g/mol. The highest BCUT2D eigenvalue weighted by Crippen LogP contribution is 2.37. The normalized spacial score (nSPS) is 21.5. The van der Waals surface area contributed by atoms with Crippen molar-refractivity contribution >= 4 is 23.8 Å². The van der Waals surface area contributed by atoms with Crippen molar-refractivity contribution in [3.8, 4) is 0 Å². The van der Waals surface area contributed by atoms with E-state index in [2.05, 4.69) is 36.3 Å². The summed E-state index contributed by atoms with van der Waals surface area (Å²) < 4.78 is 6.45. The van der Waals surface area contributed by atoms with Crippen LogP contribution >= 0.6 is 0 Å². The van der Waals surface area contributed by atoms with Gasteiger partial charge >= 0.3 is 0 Å². The lowest BCUT2D eigenvalue weighted by molar-refractivity contribution is -0.140. The van der Waals surface area contributed by atoms with Gasteiger partial charge in [0.1, 0.15) is 18.2 Å². The van der Waals surface area contributed by atoms with Crippen molar-refractivity contribution in [2.45, 2.75) is 109 Å². The topological polar surface area (TPSA) is 87.7 Å². The van der Waals surface area contributed by atoms with Crippen LogP contribution in [0.4, 0.5) is 0 Å². The molecule has 7 nitrogen and oxygen atoms in total. The van der Waals surface area contributed by atoms with Crippen LogP contribution in [0.2, 0.25) is 0 Å². The van der Waals surface area contributed by atoms with Gasteiger partial charge in [-0.2, -0.15) is 0 Å². The minimum Gasteiger partial charge on any atom is -0.493 e. The first kappa shape index (κ1) is 33.2. The van der Waals surface area contributed by atoms with Gasteiger partial charge in [0.25, 0.3) is 5.91 Å². The first-order valence-corrected chi connectivity index (χ1v) is 17.1. The Morgan fingerprint density at radius 2 is 1.89 bits per heavy atom. The lowest BCUT2D eigenvalue weighted by atomic mass is 9.90. The van der Waals surface area contributed by atoms with E-state index in [0.717, 1.165) is 62.7 Å². The molecule has 1 saturated carbocycles. The molecule has 1 aliphatic carbocycles. The van der Waals surface area contributed by atoms with Gasteiger partial charge in [-0.1, -0.05) is 74.5 Å². The second-order valence-electron chi connectivity index (χ2n) is 12.9. The maximum absolute atomic E-state index is 13.7. The summed E-state index contributed by atoms with van der Waals surface area (Å²) in [6.45, 7) is 8.11. The SMILES string of the molecule is C=C/C=C\c1cc(C(=O)NC(C)C(=O)N2CCCC2C(=O)NC2CC(=C3CCC3)OC2CCc2ccccc2)ccc1CCCC. The van der Waals surface area contributed by atoms with E-state index in [1.807, 2.05) is 48.6 Å². The summed E-state index contributed by atoms with van der Waals surface area (Å²) in [5.74, 6) is 0.367. The van der Waals surface area contributed by atoms with E-state index < -0.39 is 12.1 Å². The molecule has 0 bridgehead atoms. The average Bonchev–Trinajstić information content (AvgIpc) is 3.68. The van der Waals surface area contributed by atoms with Crippen LogP contribution in [0.3, 0.4) is 0 Å². The number of carbonyl (C=O) groups is 3. The Kier molecular flexibility index (Phi) is 11.5. The molecule has 244 valence electrons. The molecule has 2 aromatic rings. The third-order valence-corrected chi connectivity index (χ3v) is 9.56. The molecule has 3 aliphatic rings. The van der Waals surface area contributed by atoms with Crippen molar-refractivity contribution in [1.29, 1.82) is 0 Å². The van der Waals surface area contributed by atoms with Gasteiger partial charge in [0.05, 0.1) is 11.8 Å². The lowest BCUT2D eigenvalue weighted by Gasteiger charge is -2.29. The van der Waals surface area contributed by atoms with Crippen molar-refractivity contribution in [3.63, 3.8) is 0 Å². The van der Waals surface area contributed by atoms with E-state index in [1.165, 1.54) is 23.1 Å². The van der Waals surface area contributed by atoms with Crippen LogP contribution < -0.4 is 10.6 Å². The Morgan fingerprint density at radius 1 is 1.09 bits per heavy atom. The zero-order valence-electron chi connectivity index (χ0n) is 27.4. The Balaban J connectivity index is 1.21. The molecule has 3 fully saturated rings. The predicted molar refractivity (Wildman–Crippen MR) is 183 cm³/mol. The third-order valence-electron chi connectivity index (χ3n) is 9.56. The third kappa shape index (κ3) is 8.17. The summed E-state index contributed by atoms with van der Waals surface area (Å²) in [6, 6.07) is 14.6. The Hall–Kier alpha value is -4.13. The van der Waals surface area contributed by atoms with Crippen molar-refractivity contribution < 1.29 is 19.1 Å². The van der Waals surface area contributed by atoms with Gasteiger partial charge < -0.3 is 20.3 Å². The van der Waals surface area contributed by atoms with Gasteiger partial charge in [0.2, 0.25) is 11.8 Å². The first-order chi connectivity index (χ1) is 22.4. The molecule has 46 heavy (non-hydrogen) atoms. The first-order valence-electron chi connectivity index (χ1n) is 17.1. The molecular formula is C39H49N3O4. The van der Waals surface area contributed by atoms with E-state index in [1.54, 1.807) is 17.9 Å². The fraction of sp³-hybridized carbons (Fsp3) is 0.462. The number of nitrogens with zero attached hydrogens (tertiary/aromatic N) is 1. The van der Waals surface area contributed by atoms with Gasteiger partial charge in [-0.25, -0.2) is 0 Å². The van der Waals surface area contributed by atoms with Crippen LogP contribution in [0.5, 0.6) is 0 Å². The summed E-state index contributed by atoms with van der Waals surface area (Å²) in [4.78, 5) is 42.3. The fourth-order valence-corrected chi connectivity index (χ4v) is 6.69. The van der Waals surface area contributed by atoms with Gasteiger partial charge in [0, 0.05) is 18.5 Å². The molecule has 2 aromatic carbocycles. The second kappa shape index (κ2) is 15.9.